The highest BCUT2D eigenvalue weighted by Gasteiger charge is 2.15. The summed E-state index contributed by atoms with van der Waals surface area (Å²) >= 11 is 1.47. The van der Waals surface area contributed by atoms with Crippen molar-refractivity contribution in [2.24, 2.45) is 0 Å². The molecule has 0 spiro atoms. The van der Waals surface area contributed by atoms with Crippen LogP contribution < -0.4 is 10.3 Å². The van der Waals surface area contributed by atoms with Crippen LogP contribution >= 0.6 is 11.3 Å². The molecular weight excluding hydrogens is 370 g/mol. The molecule has 0 aliphatic carbocycles. The third kappa shape index (κ3) is 2.57. The van der Waals surface area contributed by atoms with E-state index in [4.69, 9.17) is 9.72 Å². The smallest absolute Gasteiger partial charge is 0.268 e. The minimum atomic E-state index is -0.0963. The molecule has 0 saturated carbocycles. The monoisotopic (exact) mass is 387 g/mol. The van der Waals surface area contributed by atoms with Crippen LogP contribution in [0, 0.1) is 6.92 Å². The van der Waals surface area contributed by atoms with E-state index >= 15 is 0 Å². The van der Waals surface area contributed by atoms with E-state index in [0.29, 0.717) is 22.5 Å². The highest BCUT2D eigenvalue weighted by atomic mass is 32.1. The van der Waals surface area contributed by atoms with Gasteiger partial charge in [-0.25, -0.2) is 4.98 Å². The second kappa shape index (κ2) is 6.42. The van der Waals surface area contributed by atoms with E-state index in [1.165, 1.54) is 11.3 Å². The quantitative estimate of drug-likeness (QED) is 0.416. The fourth-order valence-corrected chi connectivity index (χ4v) is 4.35. The molecule has 5 aromatic rings. The van der Waals surface area contributed by atoms with Crippen molar-refractivity contribution in [3.8, 4) is 17.0 Å². The minimum Gasteiger partial charge on any atom is -0.494 e. The fourth-order valence-electron chi connectivity index (χ4n) is 3.46. The number of aromatic nitrogens is 3. The maximum absolute atomic E-state index is 13.3. The van der Waals surface area contributed by atoms with Crippen molar-refractivity contribution in [1.82, 2.24) is 14.4 Å². The summed E-state index contributed by atoms with van der Waals surface area (Å²) in [5, 5.41) is 3.41. The molecule has 3 heterocycles. The Labute approximate surface area is 164 Å². The standard InChI is InChI=1S/C22H17N3O2S/c1-3-27-15-7-5-14(6-8-15)19-12-28-22-24-20-16-10-13(2)4-9-18(16)23-11-17(20)21(26)25(19)22/h4-12H,3H2,1-2H3. The predicted octanol–water partition coefficient (Wildman–Crippen LogP) is 4.83. The second-order valence-corrected chi connectivity index (χ2v) is 7.49. The highest BCUT2D eigenvalue weighted by Crippen LogP contribution is 2.28. The van der Waals surface area contributed by atoms with Gasteiger partial charge >= 0.3 is 0 Å². The molecule has 28 heavy (non-hydrogen) atoms. The minimum absolute atomic E-state index is 0.0963. The third-order valence-corrected chi connectivity index (χ3v) is 5.63. The number of nitrogens with zero attached hydrogens (tertiary/aromatic N) is 3. The van der Waals surface area contributed by atoms with Gasteiger partial charge in [0.1, 0.15) is 5.75 Å². The van der Waals surface area contributed by atoms with Crippen LogP contribution in [0.4, 0.5) is 0 Å². The summed E-state index contributed by atoms with van der Waals surface area (Å²) in [6.45, 7) is 4.60. The van der Waals surface area contributed by atoms with E-state index in [1.807, 2.05) is 61.7 Å². The Morgan fingerprint density at radius 1 is 1.11 bits per heavy atom. The molecule has 3 aromatic heterocycles. The predicted molar refractivity (Wildman–Crippen MR) is 113 cm³/mol. The van der Waals surface area contributed by atoms with Crippen molar-refractivity contribution in [1.29, 1.82) is 0 Å². The van der Waals surface area contributed by atoms with E-state index in [9.17, 15) is 4.79 Å². The number of fused-ring (bicyclic) bond motifs is 4. The van der Waals surface area contributed by atoms with Crippen molar-refractivity contribution in [2.45, 2.75) is 13.8 Å². The number of ether oxygens (including phenoxy) is 1. The van der Waals surface area contributed by atoms with Gasteiger partial charge in [-0.15, -0.1) is 11.3 Å². The van der Waals surface area contributed by atoms with E-state index in [0.717, 1.165) is 33.5 Å². The molecule has 0 radical (unpaired) electrons. The van der Waals surface area contributed by atoms with E-state index < -0.39 is 0 Å². The van der Waals surface area contributed by atoms with Gasteiger partial charge in [-0.05, 0) is 55.8 Å². The average Bonchev–Trinajstić information content (AvgIpc) is 3.13. The third-order valence-electron chi connectivity index (χ3n) is 4.81. The molecule has 5 rings (SSSR count). The van der Waals surface area contributed by atoms with Gasteiger partial charge in [0.15, 0.2) is 4.96 Å². The fraction of sp³-hybridized carbons (Fsp3) is 0.136. The Hall–Kier alpha value is -3.25. The van der Waals surface area contributed by atoms with Gasteiger partial charge in [0.25, 0.3) is 5.56 Å². The lowest BCUT2D eigenvalue weighted by atomic mass is 10.1. The Balaban J connectivity index is 1.78. The van der Waals surface area contributed by atoms with Crippen molar-refractivity contribution < 1.29 is 4.74 Å². The van der Waals surface area contributed by atoms with Gasteiger partial charge in [-0.2, -0.15) is 0 Å². The number of rotatable bonds is 3. The summed E-state index contributed by atoms with van der Waals surface area (Å²) in [6, 6.07) is 13.8. The van der Waals surface area contributed by atoms with Gasteiger partial charge < -0.3 is 4.74 Å². The van der Waals surface area contributed by atoms with Crippen LogP contribution in [-0.2, 0) is 0 Å². The number of pyridine rings is 1. The van der Waals surface area contributed by atoms with E-state index in [1.54, 1.807) is 10.6 Å². The van der Waals surface area contributed by atoms with Gasteiger partial charge in [-0.1, -0.05) is 11.6 Å². The van der Waals surface area contributed by atoms with Gasteiger partial charge in [-0.3, -0.25) is 14.2 Å². The SMILES string of the molecule is CCOc1ccc(-c2csc3nc4c(cnc5ccc(C)cc54)c(=O)n23)cc1. The van der Waals surface area contributed by atoms with Gasteiger partial charge in [0, 0.05) is 17.0 Å². The van der Waals surface area contributed by atoms with Crippen LogP contribution in [0.1, 0.15) is 12.5 Å². The van der Waals surface area contributed by atoms with Crippen LogP contribution in [-0.4, -0.2) is 21.0 Å². The van der Waals surface area contributed by atoms with Crippen LogP contribution in [0.25, 0.3) is 38.0 Å². The summed E-state index contributed by atoms with van der Waals surface area (Å²) in [5.41, 5.74) is 4.34. The lowest BCUT2D eigenvalue weighted by molar-refractivity contribution is 0.340. The van der Waals surface area contributed by atoms with E-state index in [2.05, 4.69) is 4.98 Å². The molecule has 6 heteroatoms. The number of hydrogen-bond acceptors (Lipinski definition) is 5. The molecule has 138 valence electrons. The molecule has 0 N–H and O–H groups in total. The first-order chi connectivity index (χ1) is 13.7. The maximum Gasteiger partial charge on any atom is 0.268 e. The molecule has 5 nitrogen and oxygen atoms in total. The molecule has 2 aromatic carbocycles. The zero-order chi connectivity index (χ0) is 19.3. The molecule has 0 aliphatic heterocycles. The van der Waals surface area contributed by atoms with Crippen molar-refractivity contribution in [2.75, 3.05) is 6.61 Å². The van der Waals surface area contributed by atoms with Crippen LogP contribution in [0.5, 0.6) is 5.75 Å². The lowest BCUT2D eigenvalue weighted by Crippen LogP contribution is -2.15. The van der Waals surface area contributed by atoms with E-state index in [-0.39, 0.29) is 5.56 Å². The first-order valence-corrected chi connectivity index (χ1v) is 9.96. The van der Waals surface area contributed by atoms with Crippen LogP contribution in [0.15, 0.2) is 58.8 Å². The van der Waals surface area contributed by atoms with Crippen LogP contribution in [0.3, 0.4) is 0 Å². The first kappa shape index (κ1) is 16.9. The van der Waals surface area contributed by atoms with Crippen molar-refractivity contribution >= 4 is 38.1 Å². The Bertz CT molecular complexity index is 1400. The summed E-state index contributed by atoms with van der Waals surface area (Å²) in [5.74, 6) is 0.813. The average molecular weight is 387 g/mol. The van der Waals surface area contributed by atoms with Crippen molar-refractivity contribution in [3.63, 3.8) is 0 Å². The Morgan fingerprint density at radius 3 is 2.71 bits per heavy atom. The molecule has 0 amide bonds. The summed E-state index contributed by atoms with van der Waals surface area (Å²) in [6.07, 6.45) is 1.63. The molecular formula is C22H17N3O2S. The normalized spacial score (nSPS) is 11.5. The molecule has 0 atom stereocenters. The number of aryl methyl sites for hydroxylation is 1. The topological polar surface area (TPSA) is 56.5 Å². The van der Waals surface area contributed by atoms with Gasteiger partial charge in [0.2, 0.25) is 0 Å². The molecule has 0 aliphatic rings. The molecule has 0 fully saturated rings. The first-order valence-electron chi connectivity index (χ1n) is 9.08. The molecule has 0 bridgehead atoms. The molecule has 0 saturated heterocycles. The van der Waals surface area contributed by atoms with Crippen molar-refractivity contribution in [3.05, 3.63) is 70.0 Å². The Morgan fingerprint density at radius 2 is 1.93 bits per heavy atom. The number of thiazole rings is 1. The summed E-state index contributed by atoms with van der Waals surface area (Å²) in [4.78, 5) is 23.3. The van der Waals surface area contributed by atoms with Gasteiger partial charge in [0.05, 0.1) is 28.7 Å². The van der Waals surface area contributed by atoms with Crippen LogP contribution in [0.2, 0.25) is 0 Å². The number of benzene rings is 2. The zero-order valence-corrected chi connectivity index (χ0v) is 16.3. The summed E-state index contributed by atoms with van der Waals surface area (Å²) < 4.78 is 7.18. The number of hydrogen-bond donors (Lipinski definition) is 0. The second-order valence-electron chi connectivity index (χ2n) is 6.65. The largest absolute Gasteiger partial charge is 0.494 e. The zero-order valence-electron chi connectivity index (χ0n) is 15.5. The Kier molecular flexibility index (Phi) is 3.87. The maximum atomic E-state index is 13.3. The molecule has 0 unspecified atom stereocenters. The highest BCUT2D eigenvalue weighted by molar-refractivity contribution is 7.15. The lowest BCUT2D eigenvalue weighted by Gasteiger charge is -2.07. The summed E-state index contributed by atoms with van der Waals surface area (Å²) in [7, 11) is 0.